The number of nitrogens with zero attached hydrogens (tertiary/aromatic N) is 7. The molecule has 0 bridgehead atoms. The molecule has 0 spiro atoms. The minimum absolute atomic E-state index is 0.772. The number of anilines is 2. The molecule has 0 N–H and O–H groups in total. The van der Waals surface area contributed by atoms with E-state index in [0.717, 1.165) is 60.7 Å². The van der Waals surface area contributed by atoms with Gasteiger partial charge >= 0.3 is 0 Å². The SMILES string of the molecule is Cc1cc(N2CCN(c3nccc(-c4ccncc4)n3)CC2)nc(C)n1. The van der Waals surface area contributed by atoms with E-state index in [0.29, 0.717) is 0 Å². The topological polar surface area (TPSA) is 70.9 Å². The Hall–Kier alpha value is -3.09. The second-order valence-corrected chi connectivity index (χ2v) is 6.37. The summed E-state index contributed by atoms with van der Waals surface area (Å²) in [5.74, 6) is 2.59. The summed E-state index contributed by atoms with van der Waals surface area (Å²) in [6.45, 7) is 7.44. The maximum Gasteiger partial charge on any atom is 0.225 e. The van der Waals surface area contributed by atoms with Gasteiger partial charge in [0.2, 0.25) is 5.95 Å². The molecule has 4 heterocycles. The third kappa shape index (κ3) is 3.46. The van der Waals surface area contributed by atoms with Gasteiger partial charge in [-0.3, -0.25) is 4.98 Å². The first kappa shape index (κ1) is 16.4. The fourth-order valence-electron chi connectivity index (χ4n) is 3.18. The average Bonchev–Trinajstić information content (AvgIpc) is 2.68. The summed E-state index contributed by atoms with van der Waals surface area (Å²) < 4.78 is 0. The molecule has 0 radical (unpaired) electrons. The molecule has 26 heavy (non-hydrogen) atoms. The highest BCUT2D eigenvalue weighted by atomic mass is 15.3. The van der Waals surface area contributed by atoms with E-state index in [-0.39, 0.29) is 0 Å². The van der Waals surface area contributed by atoms with Gasteiger partial charge in [-0.25, -0.2) is 19.9 Å². The van der Waals surface area contributed by atoms with Crippen molar-refractivity contribution >= 4 is 11.8 Å². The normalized spacial score (nSPS) is 14.5. The van der Waals surface area contributed by atoms with Crippen LogP contribution in [0.25, 0.3) is 11.3 Å². The molecule has 7 nitrogen and oxygen atoms in total. The van der Waals surface area contributed by atoms with Gasteiger partial charge in [0, 0.05) is 62.1 Å². The van der Waals surface area contributed by atoms with Crippen LogP contribution in [0, 0.1) is 13.8 Å². The number of hydrogen-bond acceptors (Lipinski definition) is 7. The molecular formula is C19H21N7. The van der Waals surface area contributed by atoms with Gasteiger partial charge in [-0.15, -0.1) is 0 Å². The van der Waals surface area contributed by atoms with Crippen LogP contribution in [0.4, 0.5) is 11.8 Å². The van der Waals surface area contributed by atoms with Crippen LogP contribution in [0.1, 0.15) is 11.5 Å². The lowest BCUT2D eigenvalue weighted by Crippen LogP contribution is -2.47. The first-order valence-corrected chi connectivity index (χ1v) is 8.75. The molecule has 1 aliphatic heterocycles. The molecule has 1 aliphatic rings. The van der Waals surface area contributed by atoms with Crippen LogP contribution in [-0.2, 0) is 0 Å². The highest BCUT2D eigenvalue weighted by Crippen LogP contribution is 2.20. The minimum Gasteiger partial charge on any atom is -0.353 e. The first-order valence-electron chi connectivity index (χ1n) is 8.75. The molecule has 0 saturated carbocycles. The molecule has 0 unspecified atom stereocenters. The van der Waals surface area contributed by atoms with Gasteiger partial charge in [-0.05, 0) is 32.0 Å². The molecule has 0 aromatic carbocycles. The van der Waals surface area contributed by atoms with Crippen molar-refractivity contribution in [2.24, 2.45) is 0 Å². The highest BCUT2D eigenvalue weighted by molar-refractivity contribution is 5.59. The molecule has 1 fully saturated rings. The second kappa shape index (κ2) is 7.03. The van der Waals surface area contributed by atoms with Crippen LogP contribution in [0.2, 0.25) is 0 Å². The summed E-state index contributed by atoms with van der Waals surface area (Å²) in [5, 5.41) is 0. The van der Waals surface area contributed by atoms with E-state index in [1.54, 1.807) is 12.4 Å². The van der Waals surface area contributed by atoms with E-state index in [1.807, 2.05) is 44.3 Å². The van der Waals surface area contributed by atoms with Crippen LogP contribution >= 0.6 is 0 Å². The predicted molar refractivity (Wildman–Crippen MR) is 101 cm³/mol. The molecule has 132 valence electrons. The number of aryl methyl sites for hydroxylation is 2. The largest absolute Gasteiger partial charge is 0.353 e. The summed E-state index contributed by atoms with van der Waals surface area (Å²) >= 11 is 0. The summed E-state index contributed by atoms with van der Waals surface area (Å²) in [5.41, 5.74) is 2.97. The quantitative estimate of drug-likeness (QED) is 0.720. The Morgan fingerprint density at radius 3 is 2.27 bits per heavy atom. The number of piperazine rings is 1. The zero-order valence-electron chi connectivity index (χ0n) is 15.0. The van der Waals surface area contributed by atoms with E-state index in [2.05, 4.69) is 29.7 Å². The molecule has 0 aliphatic carbocycles. The van der Waals surface area contributed by atoms with Crippen LogP contribution in [0.5, 0.6) is 0 Å². The number of rotatable bonds is 3. The van der Waals surface area contributed by atoms with E-state index < -0.39 is 0 Å². The summed E-state index contributed by atoms with van der Waals surface area (Å²) in [7, 11) is 0. The minimum atomic E-state index is 0.772. The molecular weight excluding hydrogens is 326 g/mol. The summed E-state index contributed by atoms with van der Waals surface area (Å²) in [4.78, 5) is 26.7. The third-order valence-corrected chi connectivity index (χ3v) is 4.46. The molecule has 3 aromatic heterocycles. The van der Waals surface area contributed by atoms with Crippen molar-refractivity contribution in [2.75, 3.05) is 36.0 Å². The van der Waals surface area contributed by atoms with Gasteiger partial charge in [0.15, 0.2) is 0 Å². The number of hydrogen-bond donors (Lipinski definition) is 0. The zero-order chi connectivity index (χ0) is 17.9. The summed E-state index contributed by atoms with van der Waals surface area (Å²) in [6.07, 6.45) is 5.38. The van der Waals surface area contributed by atoms with Crippen LogP contribution in [-0.4, -0.2) is 51.1 Å². The Labute approximate surface area is 152 Å². The lowest BCUT2D eigenvalue weighted by Gasteiger charge is -2.35. The highest BCUT2D eigenvalue weighted by Gasteiger charge is 2.20. The molecule has 4 rings (SSSR count). The van der Waals surface area contributed by atoms with Crippen molar-refractivity contribution in [1.29, 1.82) is 0 Å². The van der Waals surface area contributed by atoms with Crippen molar-refractivity contribution in [2.45, 2.75) is 13.8 Å². The average molecular weight is 347 g/mol. The Morgan fingerprint density at radius 1 is 0.808 bits per heavy atom. The van der Waals surface area contributed by atoms with Crippen molar-refractivity contribution in [3.63, 3.8) is 0 Å². The van der Waals surface area contributed by atoms with Crippen molar-refractivity contribution in [3.8, 4) is 11.3 Å². The monoisotopic (exact) mass is 347 g/mol. The van der Waals surface area contributed by atoms with Crippen molar-refractivity contribution < 1.29 is 0 Å². The van der Waals surface area contributed by atoms with Crippen molar-refractivity contribution in [1.82, 2.24) is 24.9 Å². The van der Waals surface area contributed by atoms with Crippen LogP contribution in [0.15, 0.2) is 42.9 Å². The fourth-order valence-corrected chi connectivity index (χ4v) is 3.18. The van der Waals surface area contributed by atoms with Crippen LogP contribution < -0.4 is 9.80 Å². The van der Waals surface area contributed by atoms with E-state index >= 15 is 0 Å². The van der Waals surface area contributed by atoms with E-state index in [9.17, 15) is 0 Å². The molecule has 0 amide bonds. The number of aromatic nitrogens is 5. The lowest BCUT2D eigenvalue weighted by molar-refractivity contribution is 0.633. The van der Waals surface area contributed by atoms with E-state index in [1.165, 1.54) is 0 Å². The smallest absolute Gasteiger partial charge is 0.225 e. The number of pyridine rings is 1. The van der Waals surface area contributed by atoms with Gasteiger partial charge in [0.1, 0.15) is 11.6 Å². The van der Waals surface area contributed by atoms with Gasteiger partial charge in [-0.1, -0.05) is 0 Å². The maximum absolute atomic E-state index is 4.74. The van der Waals surface area contributed by atoms with Gasteiger partial charge < -0.3 is 9.80 Å². The molecule has 3 aromatic rings. The Kier molecular flexibility index (Phi) is 4.43. The standard InChI is InChI=1S/C19H21N7/c1-14-13-18(23-15(2)22-14)25-9-11-26(12-10-25)19-21-8-5-17(24-19)16-3-6-20-7-4-16/h3-8,13H,9-12H2,1-2H3. The Morgan fingerprint density at radius 2 is 1.54 bits per heavy atom. The lowest BCUT2D eigenvalue weighted by atomic mass is 10.2. The van der Waals surface area contributed by atoms with Gasteiger partial charge in [0.05, 0.1) is 5.69 Å². The van der Waals surface area contributed by atoms with E-state index in [4.69, 9.17) is 4.98 Å². The molecule has 1 saturated heterocycles. The first-order chi connectivity index (χ1) is 12.7. The van der Waals surface area contributed by atoms with Crippen LogP contribution in [0.3, 0.4) is 0 Å². The zero-order valence-corrected chi connectivity index (χ0v) is 15.0. The second-order valence-electron chi connectivity index (χ2n) is 6.37. The third-order valence-electron chi connectivity index (χ3n) is 4.46. The van der Waals surface area contributed by atoms with Gasteiger partial charge in [-0.2, -0.15) is 0 Å². The Bertz CT molecular complexity index is 869. The predicted octanol–water partition coefficient (Wildman–Crippen LogP) is 2.27. The Balaban J connectivity index is 1.48. The summed E-state index contributed by atoms with van der Waals surface area (Å²) in [6, 6.07) is 7.90. The fraction of sp³-hybridized carbons (Fsp3) is 0.316. The molecule has 7 heteroatoms. The van der Waals surface area contributed by atoms with Crippen molar-refractivity contribution in [3.05, 3.63) is 54.4 Å². The molecule has 0 atom stereocenters. The van der Waals surface area contributed by atoms with Gasteiger partial charge in [0.25, 0.3) is 0 Å². The maximum atomic E-state index is 4.74.